The van der Waals surface area contributed by atoms with Crippen molar-refractivity contribution in [2.24, 2.45) is 5.92 Å². The van der Waals surface area contributed by atoms with E-state index in [4.69, 9.17) is 0 Å². The molecule has 0 aromatic rings. The van der Waals surface area contributed by atoms with Crippen LogP contribution in [0.2, 0.25) is 0 Å². The zero-order valence-corrected chi connectivity index (χ0v) is 9.33. The van der Waals surface area contributed by atoms with E-state index in [-0.39, 0.29) is 5.92 Å². The summed E-state index contributed by atoms with van der Waals surface area (Å²) < 4.78 is 0. The van der Waals surface area contributed by atoms with Crippen molar-refractivity contribution in [1.82, 2.24) is 4.90 Å². The molecular formula is C12H21NO. The molecule has 2 aliphatic rings. The maximum absolute atomic E-state index is 11.5. The van der Waals surface area contributed by atoms with Gasteiger partial charge in [-0.2, -0.15) is 0 Å². The first-order chi connectivity index (χ1) is 6.70. The minimum absolute atomic E-state index is 0.254. The van der Waals surface area contributed by atoms with Gasteiger partial charge in [-0.15, -0.1) is 0 Å². The molecule has 1 saturated heterocycles. The second-order valence-electron chi connectivity index (χ2n) is 4.92. The molecule has 0 bridgehead atoms. The van der Waals surface area contributed by atoms with E-state index >= 15 is 0 Å². The Kier molecular flexibility index (Phi) is 2.91. The Hall–Kier alpha value is -0.370. The van der Waals surface area contributed by atoms with E-state index in [0.29, 0.717) is 11.8 Å². The van der Waals surface area contributed by atoms with Gasteiger partial charge >= 0.3 is 0 Å². The number of nitrogens with zero attached hydrogens (tertiary/aromatic N) is 1. The summed E-state index contributed by atoms with van der Waals surface area (Å²) in [5.41, 5.74) is 0. The van der Waals surface area contributed by atoms with Crippen LogP contribution in [0.25, 0.3) is 0 Å². The van der Waals surface area contributed by atoms with Gasteiger partial charge in [-0.05, 0) is 19.8 Å². The van der Waals surface area contributed by atoms with E-state index in [0.717, 1.165) is 19.0 Å². The van der Waals surface area contributed by atoms with Crippen LogP contribution in [-0.4, -0.2) is 29.3 Å². The molecule has 2 atom stereocenters. The molecule has 0 radical (unpaired) electrons. The third-order valence-corrected chi connectivity index (χ3v) is 4.16. The Bertz CT molecular complexity index is 220. The van der Waals surface area contributed by atoms with Crippen LogP contribution in [0.15, 0.2) is 0 Å². The largest absolute Gasteiger partial charge is 0.299 e. The number of rotatable bonds is 1. The van der Waals surface area contributed by atoms with E-state index in [1.807, 2.05) is 0 Å². The Morgan fingerprint density at radius 1 is 1.21 bits per heavy atom. The second-order valence-corrected chi connectivity index (χ2v) is 4.92. The van der Waals surface area contributed by atoms with Gasteiger partial charge in [0.25, 0.3) is 0 Å². The lowest BCUT2D eigenvalue weighted by Gasteiger charge is -2.40. The van der Waals surface area contributed by atoms with Gasteiger partial charge in [0, 0.05) is 31.0 Å². The topological polar surface area (TPSA) is 20.3 Å². The highest BCUT2D eigenvalue weighted by atomic mass is 16.1. The molecule has 80 valence electrons. The molecule has 2 rings (SSSR count). The molecule has 0 amide bonds. The number of ketones is 1. The van der Waals surface area contributed by atoms with Crippen LogP contribution in [0.5, 0.6) is 0 Å². The maximum Gasteiger partial charge on any atom is 0.138 e. The number of carbonyl (C=O) groups is 1. The SMILES string of the molecule is CC1C(=O)CCN(C2CCCC2)C1C. The van der Waals surface area contributed by atoms with Crippen molar-refractivity contribution in [2.45, 2.75) is 58.0 Å². The summed E-state index contributed by atoms with van der Waals surface area (Å²) in [5, 5.41) is 0. The first-order valence-corrected chi connectivity index (χ1v) is 5.98. The number of hydrogen-bond donors (Lipinski definition) is 0. The lowest BCUT2D eigenvalue weighted by Crippen LogP contribution is -2.50. The highest BCUT2D eigenvalue weighted by Gasteiger charge is 2.35. The van der Waals surface area contributed by atoms with Gasteiger partial charge < -0.3 is 0 Å². The van der Waals surface area contributed by atoms with E-state index < -0.39 is 0 Å². The molecular weight excluding hydrogens is 174 g/mol. The third-order valence-electron chi connectivity index (χ3n) is 4.16. The molecule has 1 saturated carbocycles. The van der Waals surface area contributed by atoms with E-state index in [1.165, 1.54) is 25.7 Å². The third kappa shape index (κ3) is 1.72. The van der Waals surface area contributed by atoms with Crippen molar-refractivity contribution in [3.8, 4) is 0 Å². The Labute approximate surface area is 86.7 Å². The van der Waals surface area contributed by atoms with Crippen LogP contribution in [0.1, 0.15) is 46.0 Å². The molecule has 1 heterocycles. The average molecular weight is 195 g/mol. The lowest BCUT2D eigenvalue weighted by molar-refractivity contribution is -0.128. The molecule has 1 aliphatic carbocycles. The molecule has 0 N–H and O–H groups in total. The van der Waals surface area contributed by atoms with Crippen molar-refractivity contribution < 1.29 is 4.79 Å². The Morgan fingerprint density at radius 3 is 2.50 bits per heavy atom. The molecule has 2 nitrogen and oxygen atoms in total. The highest BCUT2D eigenvalue weighted by Crippen LogP contribution is 2.30. The minimum Gasteiger partial charge on any atom is -0.299 e. The van der Waals surface area contributed by atoms with Crippen LogP contribution in [-0.2, 0) is 4.79 Å². The van der Waals surface area contributed by atoms with Gasteiger partial charge in [0.2, 0.25) is 0 Å². The smallest absolute Gasteiger partial charge is 0.138 e. The van der Waals surface area contributed by atoms with Gasteiger partial charge in [-0.3, -0.25) is 9.69 Å². The summed E-state index contributed by atoms with van der Waals surface area (Å²) in [6.07, 6.45) is 6.25. The summed E-state index contributed by atoms with van der Waals surface area (Å²) in [7, 11) is 0. The fourth-order valence-electron chi connectivity index (χ4n) is 2.98. The van der Waals surface area contributed by atoms with Gasteiger partial charge in [0.05, 0.1) is 0 Å². The first-order valence-electron chi connectivity index (χ1n) is 5.98. The number of Topliss-reactive ketones (excluding diaryl/α,β-unsaturated/α-hetero) is 1. The quantitative estimate of drug-likeness (QED) is 0.639. The molecule has 2 heteroatoms. The van der Waals surface area contributed by atoms with Crippen molar-refractivity contribution in [3.05, 3.63) is 0 Å². The van der Waals surface area contributed by atoms with Crippen LogP contribution in [0.4, 0.5) is 0 Å². The summed E-state index contributed by atoms with van der Waals surface area (Å²) in [6.45, 7) is 5.32. The molecule has 2 fully saturated rings. The normalized spacial score (nSPS) is 36.6. The summed E-state index contributed by atoms with van der Waals surface area (Å²) >= 11 is 0. The maximum atomic E-state index is 11.5. The molecule has 1 aliphatic heterocycles. The Morgan fingerprint density at radius 2 is 1.86 bits per heavy atom. The molecule has 2 unspecified atom stereocenters. The highest BCUT2D eigenvalue weighted by molar-refractivity contribution is 5.82. The monoisotopic (exact) mass is 195 g/mol. The molecule has 0 aromatic heterocycles. The lowest BCUT2D eigenvalue weighted by atomic mass is 9.89. The van der Waals surface area contributed by atoms with E-state index in [9.17, 15) is 4.79 Å². The summed E-state index contributed by atoms with van der Waals surface area (Å²) in [4.78, 5) is 14.1. The molecule has 0 spiro atoms. The van der Waals surface area contributed by atoms with Crippen molar-refractivity contribution in [1.29, 1.82) is 0 Å². The van der Waals surface area contributed by atoms with Crippen LogP contribution in [0, 0.1) is 5.92 Å². The minimum atomic E-state index is 0.254. The van der Waals surface area contributed by atoms with Gasteiger partial charge in [-0.25, -0.2) is 0 Å². The number of likely N-dealkylation sites (tertiary alicyclic amines) is 1. The van der Waals surface area contributed by atoms with Gasteiger partial charge in [0.15, 0.2) is 0 Å². The fourth-order valence-corrected chi connectivity index (χ4v) is 2.98. The van der Waals surface area contributed by atoms with Crippen molar-refractivity contribution >= 4 is 5.78 Å². The Balaban J connectivity index is 2.01. The standard InChI is InChI=1S/C12H21NO/c1-9-10(2)13(8-7-12(9)14)11-5-3-4-6-11/h9-11H,3-8H2,1-2H3. The van der Waals surface area contributed by atoms with Gasteiger partial charge in [0.1, 0.15) is 5.78 Å². The first kappa shape index (κ1) is 10.2. The molecule has 14 heavy (non-hydrogen) atoms. The fraction of sp³-hybridized carbons (Fsp3) is 0.917. The van der Waals surface area contributed by atoms with Crippen LogP contribution in [0.3, 0.4) is 0 Å². The van der Waals surface area contributed by atoms with E-state index in [1.54, 1.807) is 0 Å². The average Bonchev–Trinajstić information content (AvgIpc) is 2.67. The van der Waals surface area contributed by atoms with E-state index in [2.05, 4.69) is 18.7 Å². The van der Waals surface area contributed by atoms with Crippen LogP contribution < -0.4 is 0 Å². The predicted octanol–water partition coefficient (Wildman–Crippen LogP) is 2.23. The molecule has 0 aromatic carbocycles. The van der Waals surface area contributed by atoms with Gasteiger partial charge in [-0.1, -0.05) is 19.8 Å². The van der Waals surface area contributed by atoms with Crippen molar-refractivity contribution in [2.75, 3.05) is 6.54 Å². The summed E-state index contributed by atoms with van der Waals surface area (Å²) in [6, 6.07) is 1.25. The number of hydrogen-bond acceptors (Lipinski definition) is 2. The van der Waals surface area contributed by atoms with Crippen molar-refractivity contribution in [3.63, 3.8) is 0 Å². The number of carbonyl (C=O) groups excluding carboxylic acids is 1. The van der Waals surface area contributed by atoms with Crippen LogP contribution >= 0.6 is 0 Å². The summed E-state index contributed by atoms with van der Waals surface area (Å²) in [5.74, 6) is 0.719. The zero-order valence-electron chi connectivity index (χ0n) is 9.33. The number of piperidine rings is 1. The zero-order chi connectivity index (χ0) is 10.1. The predicted molar refractivity (Wildman–Crippen MR) is 57.2 cm³/mol. The second kappa shape index (κ2) is 4.01.